The third kappa shape index (κ3) is 5.85. The minimum Gasteiger partial charge on any atom is -0.368 e. The van der Waals surface area contributed by atoms with Crippen molar-refractivity contribution in [1.29, 1.82) is 0 Å². The van der Waals surface area contributed by atoms with Crippen molar-refractivity contribution in [3.05, 3.63) is 104 Å². The van der Waals surface area contributed by atoms with E-state index in [0.29, 0.717) is 52.3 Å². The number of carbonyl (C=O) groups excluding carboxylic acids is 3. The number of carbonyl (C=O) groups is 3. The van der Waals surface area contributed by atoms with Crippen LogP contribution < -0.4 is 4.90 Å². The lowest BCUT2D eigenvalue weighted by Gasteiger charge is -2.36. The van der Waals surface area contributed by atoms with Crippen molar-refractivity contribution in [2.75, 3.05) is 31.1 Å². The lowest BCUT2D eigenvalue weighted by molar-refractivity contribution is -0.123. The summed E-state index contributed by atoms with van der Waals surface area (Å²) in [5.41, 5.74) is 3.06. The Kier molecular flexibility index (Phi) is 7.55. The van der Waals surface area contributed by atoms with Gasteiger partial charge in [0.2, 0.25) is 0 Å². The summed E-state index contributed by atoms with van der Waals surface area (Å²) in [4.78, 5) is 44.2. The second-order valence-electron chi connectivity index (χ2n) is 8.78. The molecule has 2 aliphatic heterocycles. The zero-order valence-electron chi connectivity index (χ0n) is 19.8. The molecule has 0 bridgehead atoms. The smallest absolute Gasteiger partial charge is 0.293 e. The molecule has 6 nitrogen and oxygen atoms in total. The number of hydrogen-bond donors (Lipinski definition) is 0. The number of benzene rings is 3. The first-order valence-electron chi connectivity index (χ1n) is 11.8. The Labute approximate surface area is 229 Å². The molecule has 0 unspecified atom stereocenters. The van der Waals surface area contributed by atoms with Crippen LogP contribution in [0.2, 0.25) is 10.0 Å². The van der Waals surface area contributed by atoms with Gasteiger partial charge in [0.1, 0.15) is 0 Å². The van der Waals surface area contributed by atoms with Crippen molar-refractivity contribution >= 4 is 63.8 Å². The van der Waals surface area contributed by atoms with E-state index in [9.17, 15) is 14.4 Å². The zero-order chi connectivity index (χ0) is 25.9. The quantitative estimate of drug-likeness (QED) is 0.353. The lowest BCUT2D eigenvalue weighted by atomic mass is 10.1. The van der Waals surface area contributed by atoms with Gasteiger partial charge in [-0.1, -0.05) is 53.5 Å². The second-order valence-corrected chi connectivity index (χ2v) is 10.6. The molecule has 0 aromatic heterocycles. The molecule has 9 heteroatoms. The van der Waals surface area contributed by atoms with Crippen LogP contribution in [0.25, 0.3) is 6.08 Å². The molecule has 0 radical (unpaired) electrons. The molecule has 2 fully saturated rings. The van der Waals surface area contributed by atoms with Gasteiger partial charge >= 0.3 is 0 Å². The van der Waals surface area contributed by atoms with Crippen molar-refractivity contribution in [3.63, 3.8) is 0 Å². The average Bonchev–Trinajstić information content (AvgIpc) is 3.16. The van der Waals surface area contributed by atoms with E-state index in [1.54, 1.807) is 42.5 Å². The number of hydrogen-bond acceptors (Lipinski definition) is 5. The number of thioether (sulfide) groups is 1. The van der Waals surface area contributed by atoms with E-state index in [-0.39, 0.29) is 23.6 Å². The van der Waals surface area contributed by atoms with Gasteiger partial charge in [-0.05, 0) is 71.4 Å². The van der Waals surface area contributed by atoms with Crippen LogP contribution in [-0.2, 0) is 11.3 Å². The van der Waals surface area contributed by atoms with Gasteiger partial charge in [-0.2, -0.15) is 0 Å². The predicted octanol–water partition coefficient (Wildman–Crippen LogP) is 6.19. The Hall–Kier alpha value is -3.26. The van der Waals surface area contributed by atoms with Crippen LogP contribution in [0.5, 0.6) is 0 Å². The molecule has 3 aromatic carbocycles. The molecule has 2 saturated heterocycles. The Morgan fingerprint density at radius 1 is 0.865 bits per heavy atom. The predicted molar refractivity (Wildman–Crippen MR) is 149 cm³/mol. The molecule has 2 aliphatic rings. The molecule has 2 heterocycles. The Morgan fingerprint density at radius 2 is 1.57 bits per heavy atom. The highest BCUT2D eigenvalue weighted by Gasteiger charge is 2.35. The van der Waals surface area contributed by atoms with Crippen LogP contribution in [0.1, 0.15) is 21.5 Å². The molecule has 0 N–H and O–H groups in total. The molecule has 37 heavy (non-hydrogen) atoms. The number of amides is 3. The molecule has 0 spiro atoms. The number of anilines is 1. The van der Waals surface area contributed by atoms with E-state index < -0.39 is 0 Å². The number of halogens is 2. The van der Waals surface area contributed by atoms with E-state index in [4.69, 9.17) is 23.2 Å². The van der Waals surface area contributed by atoms with Crippen LogP contribution in [0, 0.1) is 0 Å². The number of nitrogens with zero attached hydrogens (tertiary/aromatic N) is 3. The standard InChI is InChI=1S/C28H23Cl2N3O3S/c29-22-7-2-5-20(15-22)18-33-27(35)25(37-28(33)36)16-19-4-1-6-21(14-19)26(34)32-12-10-31(11-13-32)24-9-3-8-23(30)17-24/h1-9,14-17H,10-13,18H2. The Bertz CT molecular complexity index is 1400. The van der Waals surface area contributed by atoms with Crippen molar-refractivity contribution in [3.8, 4) is 0 Å². The van der Waals surface area contributed by atoms with Crippen LogP contribution in [-0.4, -0.2) is 53.0 Å². The van der Waals surface area contributed by atoms with Crippen LogP contribution in [0.3, 0.4) is 0 Å². The van der Waals surface area contributed by atoms with E-state index >= 15 is 0 Å². The monoisotopic (exact) mass is 551 g/mol. The van der Waals surface area contributed by atoms with Crippen molar-refractivity contribution in [1.82, 2.24) is 9.80 Å². The normalized spacial score (nSPS) is 17.1. The highest BCUT2D eigenvalue weighted by molar-refractivity contribution is 8.18. The van der Waals surface area contributed by atoms with Gasteiger partial charge < -0.3 is 9.80 Å². The summed E-state index contributed by atoms with van der Waals surface area (Å²) in [6, 6.07) is 21.9. The first kappa shape index (κ1) is 25.4. The maximum absolute atomic E-state index is 13.2. The maximum atomic E-state index is 13.2. The fourth-order valence-electron chi connectivity index (χ4n) is 4.39. The van der Waals surface area contributed by atoms with Gasteiger partial charge in [-0.25, -0.2) is 0 Å². The molecule has 5 rings (SSSR count). The summed E-state index contributed by atoms with van der Waals surface area (Å²) in [5, 5.41) is 0.906. The summed E-state index contributed by atoms with van der Waals surface area (Å²) in [5.74, 6) is -0.418. The van der Waals surface area contributed by atoms with Crippen molar-refractivity contribution < 1.29 is 14.4 Å². The average molecular weight is 552 g/mol. The maximum Gasteiger partial charge on any atom is 0.293 e. The first-order valence-corrected chi connectivity index (χ1v) is 13.3. The fraction of sp³-hybridized carbons (Fsp3) is 0.179. The minimum absolute atomic E-state index is 0.0601. The first-order chi connectivity index (χ1) is 17.9. The second kappa shape index (κ2) is 11.0. The van der Waals surface area contributed by atoms with Gasteiger partial charge in [0.05, 0.1) is 11.4 Å². The highest BCUT2D eigenvalue weighted by Crippen LogP contribution is 2.33. The van der Waals surface area contributed by atoms with Gasteiger partial charge in [0, 0.05) is 47.5 Å². The Morgan fingerprint density at radius 3 is 2.30 bits per heavy atom. The number of imide groups is 1. The summed E-state index contributed by atoms with van der Waals surface area (Å²) < 4.78 is 0. The Balaban J connectivity index is 1.25. The molecule has 3 amide bonds. The molecular formula is C28H23Cl2N3O3S. The van der Waals surface area contributed by atoms with Gasteiger partial charge in [0.15, 0.2) is 0 Å². The lowest BCUT2D eigenvalue weighted by Crippen LogP contribution is -2.48. The summed E-state index contributed by atoms with van der Waals surface area (Å²) >= 11 is 13.1. The molecule has 0 atom stereocenters. The topological polar surface area (TPSA) is 60.9 Å². The fourth-order valence-corrected chi connectivity index (χ4v) is 5.63. The largest absolute Gasteiger partial charge is 0.368 e. The molecule has 0 aliphatic carbocycles. The molecule has 0 saturated carbocycles. The van der Waals surface area contributed by atoms with Crippen LogP contribution in [0.4, 0.5) is 10.5 Å². The minimum atomic E-state index is -0.358. The molecule has 3 aromatic rings. The summed E-state index contributed by atoms with van der Waals surface area (Å²) in [6.07, 6.45) is 1.66. The van der Waals surface area contributed by atoms with Crippen molar-refractivity contribution in [2.24, 2.45) is 0 Å². The number of piperazine rings is 1. The zero-order valence-corrected chi connectivity index (χ0v) is 22.1. The van der Waals surface area contributed by atoms with Crippen molar-refractivity contribution in [2.45, 2.75) is 6.54 Å². The molecule has 188 valence electrons. The molecular weight excluding hydrogens is 529 g/mol. The third-order valence-corrected chi connectivity index (χ3v) is 7.65. The van der Waals surface area contributed by atoms with E-state index in [2.05, 4.69) is 4.90 Å². The van der Waals surface area contributed by atoms with E-state index in [0.717, 1.165) is 23.0 Å². The van der Waals surface area contributed by atoms with Crippen LogP contribution >= 0.6 is 35.0 Å². The van der Waals surface area contributed by atoms with Gasteiger partial charge in [0.25, 0.3) is 17.1 Å². The summed E-state index contributed by atoms with van der Waals surface area (Å²) in [6.45, 7) is 2.77. The van der Waals surface area contributed by atoms with Gasteiger partial charge in [-0.3, -0.25) is 19.3 Å². The number of rotatable bonds is 5. The van der Waals surface area contributed by atoms with Gasteiger partial charge in [-0.15, -0.1) is 0 Å². The SMILES string of the molecule is O=C(c1cccc(C=C2SC(=O)N(Cc3cccc(Cl)c3)C2=O)c1)N1CCN(c2cccc(Cl)c2)CC1. The van der Waals surface area contributed by atoms with Crippen LogP contribution in [0.15, 0.2) is 77.7 Å². The van der Waals surface area contributed by atoms with E-state index in [1.165, 1.54) is 4.90 Å². The third-order valence-electron chi connectivity index (χ3n) is 6.27. The van der Waals surface area contributed by atoms with E-state index in [1.807, 2.05) is 41.3 Å². The highest BCUT2D eigenvalue weighted by atomic mass is 35.5. The summed E-state index contributed by atoms with van der Waals surface area (Å²) in [7, 11) is 0.